The summed E-state index contributed by atoms with van der Waals surface area (Å²) < 4.78 is 16.6. The van der Waals surface area contributed by atoms with Gasteiger partial charge < -0.3 is 14.2 Å². The highest BCUT2D eigenvalue weighted by Crippen LogP contribution is 2.38. The third-order valence-electron chi connectivity index (χ3n) is 3.67. The number of hydrogen-bond donors (Lipinski definition) is 1. The Labute approximate surface area is 139 Å². The van der Waals surface area contributed by atoms with E-state index in [9.17, 15) is 4.79 Å². The van der Waals surface area contributed by atoms with Gasteiger partial charge in [0.1, 0.15) is 0 Å². The van der Waals surface area contributed by atoms with E-state index in [1.807, 2.05) is 0 Å². The van der Waals surface area contributed by atoms with Crippen molar-refractivity contribution in [3.63, 3.8) is 0 Å². The highest BCUT2D eigenvalue weighted by Gasteiger charge is 2.18. The van der Waals surface area contributed by atoms with Crippen LogP contribution in [0.3, 0.4) is 0 Å². The lowest BCUT2D eigenvalue weighted by atomic mass is 10.1. The molecule has 2 heterocycles. The number of halogens is 1. The van der Waals surface area contributed by atoms with Gasteiger partial charge >= 0.3 is 0 Å². The lowest BCUT2D eigenvalue weighted by Crippen LogP contribution is -2.33. The number of ether oxygens (including phenoxy) is 3. The molecule has 0 saturated carbocycles. The zero-order chi connectivity index (χ0) is 16.1. The normalized spacial score (nSPS) is 20.7. The number of benzene rings is 1. The summed E-state index contributed by atoms with van der Waals surface area (Å²) in [4.78, 5) is 17.3. The van der Waals surface area contributed by atoms with Gasteiger partial charge in [0.25, 0.3) is 0 Å². The molecule has 23 heavy (non-hydrogen) atoms. The molecule has 0 aromatic heterocycles. The summed E-state index contributed by atoms with van der Waals surface area (Å²) in [6.45, 7) is 1.81. The Morgan fingerprint density at radius 3 is 2.91 bits per heavy atom. The van der Waals surface area contributed by atoms with E-state index >= 15 is 0 Å². The minimum Gasteiger partial charge on any atom is -0.489 e. The lowest BCUT2D eigenvalue weighted by Gasteiger charge is -2.22. The first-order valence-corrected chi connectivity index (χ1v) is 8.24. The molecule has 0 aliphatic carbocycles. The molecule has 1 amide bonds. The fourth-order valence-electron chi connectivity index (χ4n) is 2.54. The van der Waals surface area contributed by atoms with Crippen molar-refractivity contribution in [2.75, 3.05) is 19.8 Å². The van der Waals surface area contributed by atoms with Crippen LogP contribution in [0.1, 0.15) is 31.2 Å². The number of hydrogen-bond acceptors (Lipinski definition) is 5. The largest absolute Gasteiger partial charge is 0.489 e. The fourth-order valence-corrected chi connectivity index (χ4v) is 2.83. The van der Waals surface area contributed by atoms with Gasteiger partial charge in [0.05, 0.1) is 24.7 Å². The summed E-state index contributed by atoms with van der Waals surface area (Å²) in [5.74, 6) is 0.860. The second-order valence-corrected chi connectivity index (χ2v) is 5.98. The fraction of sp³-hybridized carbons (Fsp3) is 0.562. The molecule has 1 N–H and O–H groups in total. The number of rotatable bonds is 4. The van der Waals surface area contributed by atoms with E-state index in [0.29, 0.717) is 36.3 Å². The van der Waals surface area contributed by atoms with Crippen LogP contribution in [0.4, 0.5) is 0 Å². The molecule has 1 aromatic rings. The SMILES string of the molecule is O=C(Cc1cc(Cl)c2c(c1)OCCCO2)NO[C@@H]1CCCCO1. The van der Waals surface area contributed by atoms with Crippen molar-refractivity contribution in [1.29, 1.82) is 0 Å². The standard InChI is InChI=1S/C16H20ClNO5/c17-12-8-11(9-13-16(12)22-7-3-6-20-13)10-14(19)18-23-15-4-1-2-5-21-15/h8-9,15H,1-7,10H2,(H,18,19)/t15-/m1/s1. The summed E-state index contributed by atoms with van der Waals surface area (Å²) in [7, 11) is 0. The molecule has 0 spiro atoms. The summed E-state index contributed by atoms with van der Waals surface area (Å²) in [6, 6.07) is 3.50. The van der Waals surface area contributed by atoms with Crippen molar-refractivity contribution >= 4 is 17.5 Å². The maximum absolute atomic E-state index is 12.0. The van der Waals surface area contributed by atoms with Gasteiger partial charge in [-0.2, -0.15) is 0 Å². The van der Waals surface area contributed by atoms with Crippen LogP contribution < -0.4 is 15.0 Å². The third-order valence-corrected chi connectivity index (χ3v) is 3.95. The molecule has 1 aromatic carbocycles. The monoisotopic (exact) mass is 341 g/mol. The average molecular weight is 342 g/mol. The molecule has 1 saturated heterocycles. The van der Waals surface area contributed by atoms with Crippen molar-refractivity contribution in [3.8, 4) is 11.5 Å². The number of nitrogens with one attached hydrogen (secondary N) is 1. The molecule has 0 unspecified atom stereocenters. The minimum absolute atomic E-state index is 0.142. The number of hydroxylamine groups is 1. The molecule has 6 nitrogen and oxygen atoms in total. The van der Waals surface area contributed by atoms with Crippen LogP contribution in [0.25, 0.3) is 0 Å². The molecule has 3 rings (SSSR count). The Hall–Kier alpha value is -1.50. The Morgan fingerprint density at radius 1 is 1.22 bits per heavy atom. The molecule has 1 fully saturated rings. The molecule has 1 atom stereocenters. The van der Waals surface area contributed by atoms with E-state index in [0.717, 1.165) is 31.2 Å². The second-order valence-electron chi connectivity index (χ2n) is 5.57. The predicted molar refractivity (Wildman–Crippen MR) is 83.6 cm³/mol. The van der Waals surface area contributed by atoms with Crippen LogP contribution in [-0.4, -0.2) is 32.0 Å². The van der Waals surface area contributed by atoms with E-state index in [4.69, 9.17) is 30.6 Å². The molecular formula is C16H20ClNO5. The smallest absolute Gasteiger partial charge is 0.248 e. The number of fused-ring (bicyclic) bond motifs is 1. The third kappa shape index (κ3) is 4.50. The Bertz CT molecular complexity index is 560. The van der Waals surface area contributed by atoms with Crippen LogP contribution in [0.2, 0.25) is 5.02 Å². The van der Waals surface area contributed by atoms with Gasteiger partial charge in [-0.05, 0) is 30.5 Å². The lowest BCUT2D eigenvalue weighted by molar-refractivity contribution is -0.200. The maximum atomic E-state index is 12.0. The van der Waals surface area contributed by atoms with Crippen LogP contribution in [0, 0.1) is 0 Å². The van der Waals surface area contributed by atoms with E-state index in [1.54, 1.807) is 12.1 Å². The predicted octanol–water partition coefficient (Wildman–Crippen LogP) is 2.62. The van der Waals surface area contributed by atoms with Crippen molar-refractivity contribution in [2.24, 2.45) is 0 Å². The van der Waals surface area contributed by atoms with Gasteiger partial charge in [-0.15, -0.1) is 0 Å². The second kappa shape index (κ2) is 7.86. The first-order valence-electron chi connectivity index (χ1n) is 7.86. The first-order chi connectivity index (χ1) is 11.2. The highest BCUT2D eigenvalue weighted by atomic mass is 35.5. The van der Waals surface area contributed by atoms with Gasteiger partial charge in [-0.3, -0.25) is 4.79 Å². The first kappa shape index (κ1) is 16.4. The number of amides is 1. The van der Waals surface area contributed by atoms with Gasteiger partial charge in [-0.1, -0.05) is 11.6 Å². The molecule has 2 aliphatic rings. The van der Waals surface area contributed by atoms with Gasteiger partial charge in [-0.25, -0.2) is 10.3 Å². The Balaban J connectivity index is 1.57. The van der Waals surface area contributed by atoms with E-state index in [-0.39, 0.29) is 18.6 Å². The summed E-state index contributed by atoms with van der Waals surface area (Å²) in [5.41, 5.74) is 3.17. The maximum Gasteiger partial charge on any atom is 0.248 e. The van der Waals surface area contributed by atoms with E-state index in [2.05, 4.69) is 5.48 Å². The molecular weight excluding hydrogens is 322 g/mol. The van der Waals surface area contributed by atoms with Crippen LogP contribution >= 0.6 is 11.6 Å². The number of carbonyl (C=O) groups is 1. The molecule has 7 heteroatoms. The van der Waals surface area contributed by atoms with Gasteiger partial charge in [0.2, 0.25) is 5.91 Å². The summed E-state index contributed by atoms with van der Waals surface area (Å²) in [5, 5.41) is 0.448. The van der Waals surface area contributed by atoms with Crippen molar-refractivity contribution in [1.82, 2.24) is 5.48 Å². The quantitative estimate of drug-likeness (QED) is 0.853. The Kier molecular flexibility index (Phi) is 5.59. The summed E-state index contributed by atoms with van der Waals surface area (Å²) >= 11 is 6.21. The topological polar surface area (TPSA) is 66.0 Å². The van der Waals surface area contributed by atoms with Crippen LogP contribution in [0.15, 0.2) is 12.1 Å². The number of carbonyl (C=O) groups excluding carboxylic acids is 1. The highest BCUT2D eigenvalue weighted by molar-refractivity contribution is 6.32. The van der Waals surface area contributed by atoms with Crippen molar-refractivity contribution in [2.45, 2.75) is 38.4 Å². The average Bonchev–Trinajstić information content (AvgIpc) is 2.80. The Morgan fingerprint density at radius 2 is 2.09 bits per heavy atom. The van der Waals surface area contributed by atoms with Crippen molar-refractivity contribution < 1.29 is 23.8 Å². The zero-order valence-electron chi connectivity index (χ0n) is 12.8. The molecule has 0 bridgehead atoms. The molecule has 2 aliphatic heterocycles. The zero-order valence-corrected chi connectivity index (χ0v) is 13.6. The van der Waals surface area contributed by atoms with Gasteiger partial charge in [0, 0.05) is 19.4 Å². The van der Waals surface area contributed by atoms with Crippen molar-refractivity contribution in [3.05, 3.63) is 22.7 Å². The van der Waals surface area contributed by atoms with Crippen LogP contribution in [0.5, 0.6) is 11.5 Å². The summed E-state index contributed by atoms with van der Waals surface area (Å²) in [6.07, 6.45) is 3.44. The molecule has 126 valence electrons. The minimum atomic E-state index is -0.361. The van der Waals surface area contributed by atoms with Crippen LogP contribution in [-0.2, 0) is 20.8 Å². The molecule has 0 radical (unpaired) electrons. The van der Waals surface area contributed by atoms with E-state index < -0.39 is 0 Å². The van der Waals surface area contributed by atoms with E-state index in [1.165, 1.54) is 0 Å². The van der Waals surface area contributed by atoms with Gasteiger partial charge in [0.15, 0.2) is 17.8 Å².